The minimum atomic E-state index is 0.579. The zero-order valence-corrected chi connectivity index (χ0v) is 12.6. The van der Waals surface area contributed by atoms with E-state index in [0.29, 0.717) is 4.77 Å². The molecule has 0 radical (unpaired) electrons. The minimum Gasteiger partial charge on any atom is -0.497 e. The van der Waals surface area contributed by atoms with E-state index >= 15 is 0 Å². The summed E-state index contributed by atoms with van der Waals surface area (Å²) in [5.74, 6) is 1.60. The topological polar surface area (TPSA) is 42.8 Å². The van der Waals surface area contributed by atoms with Gasteiger partial charge in [-0.15, -0.1) is 0 Å². The molecule has 3 rings (SSSR count). The van der Waals surface area contributed by atoms with Gasteiger partial charge in [0, 0.05) is 5.56 Å². The molecule has 1 aromatic heterocycles. The molecule has 2 aromatic carbocycles. The van der Waals surface area contributed by atoms with E-state index in [1.54, 1.807) is 7.11 Å². The number of benzene rings is 2. The largest absolute Gasteiger partial charge is 0.497 e. The molecule has 0 amide bonds. The average Bonchev–Trinajstić information content (AvgIpc) is 2.89. The van der Waals surface area contributed by atoms with Crippen molar-refractivity contribution in [1.82, 2.24) is 14.8 Å². The van der Waals surface area contributed by atoms with Crippen LogP contribution >= 0.6 is 12.2 Å². The Hall–Kier alpha value is -2.40. The van der Waals surface area contributed by atoms with Crippen molar-refractivity contribution in [2.75, 3.05) is 7.11 Å². The lowest BCUT2D eigenvalue weighted by atomic mass is 10.1. The summed E-state index contributed by atoms with van der Waals surface area (Å²) in [7, 11) is 1.65. The monoisotopic (exact) mass is 297 g/mol. The quantitative estimate of drug-likeness (QED) is 0.745. The van der Waals surface area contributed by atoms with Crippen LogP contribution in [0.5, 0.6) is 5.75 Å². The lowest BCUT2D eigenvalue weighted by molar-refractivity contribution is 0.415. The van der Waals surface area contributed by atoms with Crippen molar-refractivity contribution in [3.05, 3.63) is 58.9 Å². The molecule has 4 nitrogen and oxygen atoms in total. The maximum atomic E-state index is 5.38. The van der Waals surface area contributed by atoms with Gasteiger partial charge in [-0.25, -0.2) is 0 Å². The van der Waals surface area contributed by atoms with E-state index < -0.39 is 0 Å². The van der Waals surface area contributed by atoms with Crippen molar-refractivity contribution < 1.29 is 4.74 Å². The summed E-state index contributed by atoms with van der Waals surface area (Å²) in [4.78, 5) is 0. The summed E-state index contributed by atoms with van der Waals surface area (Å²) in [5.41, 5.74) is 3.15. The Morgan fingerprint density at radius 1 is 1.10 bits per heavy atom. The minimum absolute atomic E-state index is 0.579. The van der Waals surface area contributed by atoms with Gasteiger partial charge in [-0.1, -0.05) is 18.2 Å². The van der Waals surface area contributed by atoms with Crippen molar-refractivity contribution in [1.29, 1.82) is 0 Å². The highest BCUT2D eigenvalue weighted by molar-refractivity contribution is 7.71. The fourth-order valence-electron chi connectivity index (χ4n) is 2.27. The number of aryl methyl sites for hydroxylation is 1. The number of aromatic amines is 1. The fraction of sp³-hybridized carbons (Fsp3) is 0.125. The predicted octanol–water partition coefficient (Wildman–Crippen LogP) is 3.91. The molecular weight excluding hydrogens is 282 g/mol. The number of nitrogens with one attached hydrogen (secondary N) is 1. The molecule has 1 N–H and O–H groups in total. The first-order valence-corrected chi connectivity index (χ1v) is 6.99. The molecule has 0 fully saturated rings. The van der Waals surface area contributed by atoms with Crippen LogP contribution in [0.2, 0.25) is 0 Å². The second-order valence-electron chi connectivity index (χ2n) is 4.70. The molecular formula is C16H15N3OS. The van der Waals surface area contributed by atoms with Crippen molar-refractivity contribution in [3.8, 4) is 22.8 Å². The van der Waals surface area contributed by atoms with Crippen LogP contribution in [0.1, 0.15) is 5.56 Å². The van der Waals surface area contributed by atoms with Gasteiger partial charge >= 0.3 is 0 Å². The van der Waals surface area contributed by atoms with Crippen LogP contribution in [-0.2, 0) is 0 Å². The highest BCUT2D eigenvalue weighted by atomic mass is 32.1. The van der Waals surface area contributed by atoms with Crippen LogP contribution in [-0.4, -0.2) is 21.9 Å². The molecule has 0 aliphatic rings. The van der Waals surface area contributed by atoms with Gasteiger partial charge in [0.25, 0.3) is 0 Å². The molecule has 0 atom stereocenters. The van der Waals surface area contributed by atoms with E-state index in [9.17, 15) is 0 Å². The van der Waals surface area contributed by atoms with Gasteiger partial charge < -0.3 is 4.74 Å². The summed E-state index contributed by atoms with van der Waals surface area (Å²) in [6.45, 7) is 2.06. The van der Waals surface area contributed by atoms with Crippen LogP contribution in [0.25, 0.3) is 17.1 Å². The maximum absolute atomic E-state index is 5.38. The Labute approximate surface area is 128 Å². The van der Waals surface area contributed by atoms with Crippen molar-refractivity contribution in [3.63, 3.8) is 0 Å². The Morgan fingerprint density at radius 2 is 1.81 bits per heavy atom. The molecule has 0 saturated heterocycles. The molecule has 0 spiro atoms. The standard InChI is InChI=1S/C16H15N3OS/c1-11-5-3-4-6-14(11)19-15(17-18-16(19)21)12-7-9-13(20-2)10-8-12/h3-10H,1-2H3,(H,18,21). The third kappa shape index (κ3) is 2.48. The fourth-order valence-corrected chi connectivity index (χ4v) is 2.50. The van der Waals surface area contributed by atoms with E-state index in [1.165, 1.54) is 0 Å². The zero-order chi connectivity index (χ0) is 14.8. The highest BCUT2D eigenvalue weighted by Gasteiger charge is 2.12. The molecule has 0 unspecified atom stereocenters. The summed E-state index contributed by atoms with van der Waals surface area (Å²) in [5, 5.41) is 7.24. The van der Waals surface area contributed by atoms with Crippen LogP contribution in [0, 0.1) is 11.7 Å². The number of rotatable bonds is 3. The second-order valence-corrected chi connectivity index (χ2v) is 5.09. The molecule has 0 bridgehead atoms. The summed E-state index contributed by atoms with van der Waals surface area (Å²) >= 11 is 5.38. The number of aromatic nitrogens is 3. The number of ether oxygens (including phenoxy) is 1. The van der Waals surface area contributed by atoms with Crippen LogP contribution < -0.4 is 4.74 Å². The molecule has 0 aliphatic heterocycles. The second kappa shape index (κ2) is 5.54. The van der Waals surface area contributed by atoms with E-state index in [2.05, 4.69) is 23.2 Å². The van der Waals surface area contributed by atoms with Gasteiger partial charge in [0.15, 0.2) is 10.6 Å². The third-order valence-electron chi connectivity index (χ3n) is 3.38. The maximum Gasteiger partial charge on any atom is 0.200 e. The van der Waals surface area contributed by atoms with Gasteiger partial charge in [-0.3, -0.25) is 9.67 Å². The van der Waals surface area contributed by atoms with Crippen molar-refractivity contribution in [2.24, 2.45) is 0 Å². The number of nitrogens with zero attached hydrogens (tertiary/aromatic N) is 2. The lowest BCUT2D eigenvalue weighted by Crippen LogP contribution is -2.00. The summed E-state index contributed by atoms with van der Waals surface area (Å²) < 4.78 is 7.72. The first kappa shape index (κ1) is 13.6. The first-order chi connectivity index (χ1) is 10.2. The van der Waals surface area contributed by atoms with Crippen LogP contribution in [0.4, 0.5) is 0 Å². The van der Waals surface area contributed by atoms with Crippen LogP contribution in [0.15, 0.2) is 48.5 Å². The SMILES string of the molecule is COc1ccc(-c2n[nH]c(=S)n2-c2ccccc2C)cc1. The zero-order valence-electron chi connectivity index (χ0n) is 11.8. The summed E-state index contributed by atoms with van der Waals surface area (Å²) in [6, 6.07) is 15.9. The molecule has 1 heterocycles. The normalized spacial score (nSPS) is 10.6. The highest BCUT2D eigenvalue weighted by Crippen LogP contribution is 2.25. The van der Waals surface area contributed by atoms with Gasteiger partial charge in [0.05, 0.1) is 12.8 Å². The molecule has 5 heteroatoms. The Morgan fingerprint density at radius 3 is 2.48 bits per heavy atom. The first-order valence-electron chi connectivity index (χ1n) is 6.58. The molecule has 3 aromatic rings. The van der Waals surface area contributed by atoms with Crippen molar-refractivity contribution >= 4 is 12.2 Å². The van der Waals surface area contributed by atoms with Crippen LogP contribution in [0.3, 0.4) is 0 Å². The van der Waals surface area contributed by atoms with Gasteiger partial charge in [0.2, 0.25) is 0 Å². The van der Waals surface area contributed by atoms with E-state index in [4.69, 9.17) is 17.0 Å². The molecule has 21 heavy (non-hydrogen) atoms. The number of methoxy groups -OCH3 is 1. The van der Waals surface area contributed by atoms with Crippen molar-refractivity contribution in [2.45, 2.75) is 6.92 Å². The van der Waals surface area contributed by atoms with E-state index in [1.807, 2.05) is 47.0 Å². The number of H-pyrrole nitrogens is 1. The van der Waals surface area contributed by atoms with E-state index in [0.717, 1.165) is 28.4 Å². The number of hydrogen-bond acceptors (Lipinski definition) is 3. The van der Waals surface area contributed by atoms with Gasteiger partial charge in [-0.05, 0) is 55.0 Å². The van der Waals surface area contributed by atoms with Gasteiger partial charge in [-0.2, -0.15) is 5.10 Å². The average molecular weight is 297 g/mol. The Balaban J connectivity index is 2.17. The molecule has 0 saturated carbocycles. The summed E-state index contributed by atoms with van der Waals surface area (Å²) in [6.07, 6.45) is 0. The third-order valence-corrected chi connectivity index (χ3v) is 3.65. The lowest BCUT2D eigenvalue weighted by Gasteiger charge is -2.10. The Kier molecular flexibility index (Phi) is 3.58. The predicted molar refractivity (Wildman–Crippen MR) is 85.5 cm³/mol. The molecule has 106 valence electrons. The van der Waals surface area contributed by atoms with Gasteiger partial charge in [0.1, 0.15) is 5.75 Å². The molecule has 0 aliphatic carbocycles. The number of para-hydroxylation sites is 1. The van der Waals surface area contributed by atoms with E-state index in [-0.39, 0.29) is 0 Å². The number of hydrogen-bond donors (Lipinski definition) is 1. The smallest absolute Gasteiger partial charge is 0.200 e. The Bertz CT molecular complexity index is 818.